The van der Waals surface area contributed by atoms with Crippen molar-refractivity contribution >= 4 is 17.9 Å². The van der Waals surface area contributed by atoms with Crippen molar-refractivity contribution in [1.29, 1.82) is 0 Å². The summed E-state index contributed by atoms with van der Waals surface area (Å²) in [5.74, 6) is -0.650. The molecule has 2 aliphatic heterocycles. The van der Waals surface area contributed by atoms with Gasteiger partial charge in [0.25, 0.3) is 5.69 Å². The molecule has 2 aliphatic rings. The van der Waals surface area contributed by atoms with E-state index in [9.17, 15) is 19.3 Å². The number of ether oxygens (including phenoxy) is 2. The first kappa shape index (κ1) is 26.8. The Bertz CT molecular complexity index is 1140. The number of piperidine rings is 1. The van der Waals surface area contributed by atoms with Crippen LogP contribution < -0.4 is 0 Å². The third-order valence-corrected chi connectivity index (χ3v) is 6.63. The first-order valence-electron chi connectivity index (χ1n) is 12.6. The standard InChI is InChI=1S/C28H34FN3O5/c1-27(2,3)37-26(33)31-16-14-28(15-17-31)20-30(18-21-8-5-4-6-9-21)19-22(36-28)12-13-23-24(29)10-7-11-25(23)32(34)35/h4-13,22H,14-20H2,1-3H3/b13-12+. The van der Waals surface area contributed by atoms with E-state index in [0.717, 1.165) is 0 Å². The van der Waals surface area contributed by atoms with Crippen molar-refractivity contribution in [3.05, 3.63) is 81.7 Å². The molecule has 0 radical (unpaired) electrons. The van der Waals surface area contributed by atoms with Crippen molar-refractivity contribution < 1.29 is 23.6 Å². The average Bonchev–Trinajstić information content (AvgIpc) is 2.83. The lowest BCUT2D eigenvalue weighted by atomic mass is 9.88. The van der Waals surface area contributed by atoms with Crippen LogP contribution in [0.2, 0.25) is 0 Å². The lowest BCUT2D eigenvalue weighted by Crippen LogP contribution is -2.59. The summed E-state index contributed by atoms with van der Waals surface area (Å²) in [5, 5.41) is 11.4. The molecular formula is C28H34FN3O5. The maximum atomic E-state index is 14.5. The zero-order valence-corrected chi connectivity index (χ0v) is 21.6. The molecular weight excluding hydrogens is 477 g/mol. The Balaban J connectivity index is 1.53. The molecule has 8 nitrogen and oxygen atoms in total. The van der Waals surface area contributed by atoms with Crippen LogP contribution in [0, 0.1) is 15.9 Å². The van der Waals surface area contributed by atoms with Crippen molar-refractivity contribution in [2.75, 3.05) is 26.2 Å². The molecule has 4 rings (SSSR count). The number of amides is 1. The van der Waals surface area contributed by atoms with Crippen LogP contribution >= 0.6 is 0 Å². The number of benzene rings is 2. The summed E-state index contributed by atoms with van der Waals surface area (Å²) in [6.45, 7) is 8.51. The van der Waals surface area contributed by atoms with E-state index in [-0.39, 0.29) is 17.3 Å². The van der Waals surface area contributed by atoms with E-state index >= 15 is 0 Å². The lowest BCUT2D eigenvalue weighted by molar-refractivity contribution is -0.385. The first-order chi connectivity index (χ1) is 17.5. The zero-order valence-electron chi connectivity index (χ0n) is 21.6. The molecule has 2 fully saturated rings. The third-order valence-electron chi connectivity index (χ3n) is 6.63. The van der Waals surface area contributed by atoms with Crippen molar-refractivity contribution in [3.63, 3.8) is 0 Å². The number of likely N-dealkylation sites (tertiary alicyclic amines) is 1. The fourth-order valence-corrected chi connectivity index (χ4v) is 4.94. The second-order valence-electron chi connectivity index (χ2n) is 10.8. The number of morpholine rings is 1. The van der Waals surface area contributed by atoms with Gasteiger partial charge in [0.2, 0.25) is 0 Å². The summed E-state index contributed by atoms with van der Waals surface area (Å²) < 4.78 is 26.6. The normalized spacial score (nSPS) is 20.3. The number of carbonyl (C=O) groups is 1. The molecule has 37 heavy (non-hydrogen) atoms. The number of hydrogen-bond donors (Lipinski definition) is 0. The van der Waals surface area contributed by atoms with Gasteiger partial charge in [0.05, 0.1) is 22.2 Å². The highest BCUT2D eigenvalue weighted by Crippen LogP contribution is 2.34. The van der Waals surface area contributed by atoms with Crippen LogP contribution in [0.25, 0.3) is 6.08 Å². The van der Waals surface area contributed by atoms with Gasteiger partial charge in [0.1, 0.15) is 11.4 Å². The van der Waals surface area contributed by atoms with Gasteiger partial charge in [-0.1, -0.05) is 42.5 Å². The van der Waals surface area contributed by atoms with Crippen molar-refractivity contribution in [2.45, 2.75) is 57.5 Å². The number of nitro benzene ring substituents is 1. The zero-order chi connectivity index (χ0) is 26.6. The summed E-state index contributed by atoms with van der Waals surface area (Å²) in [5.41, 5.74) is -0.246. The molecule has 1 unspecified atom stereocenters. The van der Waals surface area contributed by atoms with Crippen molar-refractivity contribution in [2.24, 2.45) is 0 Å². The highest BCUT2D eigenvalue weighted by Gasteiger charge is 2.43. The van der Waals surface area contributed by atoms with Gasteiger partial charge in [-0.05, 0) is 51.3 Å². The van der Waals surface area contributed by atoms with Gasteiger partial charge in [-0.25, -0.2) is 9.18 Å². The Kier molecular flexibility index (Phi) is 7.94. The minimum absolute atomic E-state index is 0.0647. The summed E-state index contributed by atoms with van der Waals surface area (Å²) in [7, 11) is 0. The fraction of sp³-hybridized carbons (Fsp3) is 0.464. The van der Waals surface area contributed by atoms with E-state index in [1.54, 1.807) is 11.0 Å². The van der Waals surface area contributed by atoms with Crippen LogP contribution in [0.15, 0.2) is 54.6 Å². The average molecular weight is 512 g/mol. The lowest BCUT2D eigenvalue weighted by Gasteiger charge is -2.49. The molecule has 0 aliphatic carbocycles. The van der Waals surface area contributed by atoms with Crippen LogP contribution in [0.4, 0.5) is 14.9 Å². The Morgan fingerprint density at radius 2 is 1.89 bits per heavy atom. The number of carbonyl (C=O) groups excluding carboxylic acids is 1. The Hall–Kier alpha value is -3.30. The first-order valence-corrected chi connectivity index (χ1v) is 12.6. The van der Waals surface area contributed by atoms with E-state index in [2.05, 4.69) is 17.0 Å². The van der Waals surface area contributed by atoms with Crippen LogP contribution in [0.3, 0.4) is 0 Å². The molecule has 198 valence electrons. The highest BCUT2D eigenvalue weighted by atomic mass is 19.1. The van der Waals surface area contributed by atoms with Crippen LogP contribution in [0.5, 0.6) is 0 Å². The molecule has 2 aromatic rings. The van der Waals surface area contributed by atoms with Crippen molar-refractivity contribution in [3.8, 4) is 0 Å². The van der Waals surface area contributed by atoms with Crippen LogP contribution in [-0.4, -0.2) is 64.3 Å². The highest BCUT2D eigenvalue weighted by molar-refractivity contribution is 5.68. The number of nitro groups is 1. The number of halogens is 1. The van der Waals surface area contributed by atoms with E-state index in [0.29, 0.717) is 45.6 Å². The predicted octanol–water partition coefficient (Wildman–Crippen LogP) is 5.42. The molecule has 1 amide bonds. The largest absolute Gasteiger partial charge is 0.444 e. The second kappa shape index (κ2) is 11.0. The molecule has 1 atom stereocenters. The van der Waals surface area contributed by atoms with Gasteiger partial charge in [0.15, 0.2) is 0 Å². The SMILES string of the molecule is CC(C)(C)OC(=O)N1CCC2(CC1)CN(Cc1ccccc1)CC(/C=C/c1c(F)cccc1[N+](=O)[O-])O2. The number of nitrogens with zero attached hydrogens (tertiary/aromatic N) is 3. The predicted molar refractivity (Wildman–Crippen MR) is 138 cm³/mol. The summed E-state index contributed by atoms with van der Waals surface area (Å²) in [6, 6.07) is 13.9. The van der Waals surface area contributed by atoms with E-state index < -0.39 is 28.0 Å². The smallest absolute Gasteiger partial charge is 0.410 e. The van der Waals surface area contributed by atoms with Crippen LogP contribution in [-0.2, 0) is 16.0 Å². The second-order valence-corrected chi connectivity index (χ2v) is 10.8. The molecule has 9 heteroatoms. The molecule has 0 bridgehead atoms. The molecule has 1 spiro atoms. The Morgan fingerprint density at radius 1 is 1.19 bits per heavy atom. The summed E-state index contributed by atoms with van der Waals surface area (Å²) in [6.07, 6.45) is 3.69. The summed E-state index contributed by atoms with van der Waals surface area (Å²) in [4.78, 5) is 27.4. The molecule has 0 aromatic heterocycles. The maximum Gasteiger partial charge on any atom is 0.410 e. The van der Waals surface area contributed by atoms with Gasteiger partial charge < -0.3 is 14.4 Å². The topological polar surface area (TPSA) is 85.2 Å². The quantitative estimate of drug-likeness (QED) is 0.394. The van der Waals surface area contributed by atoms with Crippen molar-refractivity contribution in [1.82, 2.24) is 9.80 Å². The minimum atomic E-state index is -0.650. The van der Waals surface area contributed by atoms with E-state index in [1.165, 1.54) is 29.8 Å². The number of hydrogen-bond acceptors (Lipinski definition) is 6. The molecule has 0 N–H and O–H groups in total. The third kappa shape index (κ3) is 6.93. The number of rotatable bonds is 5. The van der Waals surface area contributed by atoms with E-state index in [1.807, 2.05) is 39.0 Å². The van der Waals surface area contributed by atoms with Gasteiger partial charge in [-0.15, -0.1) is 0 Å². The van der Waals surface area contributed by atoms with Gasteiger partial charge in [-0.2, -0.15) is 0 Å². The molecule has 2 saturated heterocycles. The van der Waals surface area contributed by atoms with E-state index in [4.69, 9.17) is 9.47 Å². The Morgan fingerprint density at radius 3 is 2.54 bits per heavy atom. The fourth-order valence-electron chi connectivity index (χ4n) is 4.94. The van der Waals surface area contributed by atoms with Crippen LogP contribution in [0.1, 0.15) is 44.7 Å². The molecule has 2 heterocycles. The monoisotopic (exact) mass is 511 g/mol. The Labute approximate surface area is 216 Å². The molecule has 2 aromatic carbocycles. The van der Waals surface area contributed by atoms with Gasteiger partial charge in [-0.3, -0.25) is 15.0 Å². The minimum Gasteiger partial charge on any atom is -0.444 e. The van der Waals surface area contributed by atoms with Gasteiger partial charge in [0, 0.05) is 38.8 Å². The van der Waals surface area contributed by atoms with Gasteiger partial charge >= 0.3 is 6.09 Å². The maximum absolute atomic E-state index is 14.5. The molecule has 0 saturated carbocycles. The summed E-state index contributed by atoms with van der Waals surface area (Å²) >= 11 is 0.